The van der Waals surface area contributed by atoms with E-state index in [1.54, 1.807) is 0 Å². The highest BCUT2D eigenvalue weighted by molar-refractivity contribution is 7.86. The Morgan fingerprint density at radius 1 is 1.40 bits per heavy atom. The number of hydrogen-bond donors (Lipinski definition) is 0. The van der Waals surface area contributed by atoms with Crippen LogP contribution >= 0.6 is 0 Å². The van der Waals surface area contributed by atoms with Gasteiger partial charge in [-0.1, -0.05) is 0 Å². The third-order valence-electron chi connectivity index (χ3n) is 0.681. The van der Waals surface area contributed by atoms with Gasteiger partial charge in [-0.2, -0.15) is 8.42 Å². The molecule has 0 aromatic carbocycles. The van der Waals surface area contributed by atoms with Crippen molar-refractivity contribution < 1.29 is 21.4 Å². The van der Waals surface area contributed by atoms with Gasteiger partial charge in [0.1, 0.15) is 6.10 Å². The fourth-order valence-corrected chi connectivity index (χ4v) is 0.953. The molecule has 6 heteroatoms. The summed E-state index contributed by atoms with van der Waals surface area (Å²) in [6.45, 7) is 0.992. The van der Waals surface area contributed by atoms with Gasteiger partial charge < -0.3 is 0 Å². The molecule has 0 heterocycles. The van der Waals surface area contributed by atoms with Crippen molar-refractivity contribution in [2.24, 2.45) is 0 Å². The summed E-state index contributed by atoms with van der Waals surface area (Å²) in [6, 6.07) is 0. The lowest BCUT2D eigenvalue weighted by Crippen LogP contribution is -2.21. The molecule has 0 saturated carbocycles. The van der Waals surface area contributed by atoms with E-state index < -0.39 is 22.6 Å². The summed E-state index contributed by atoms with van der Waals surface area (Å²) in [4.78, 5) is 0. The van der Waals surface area contributed by atoms with E-state index in [1.165, 1.54) is 0 Å². The first-order valence-corrected chi connectivity index (χ1v) is 4.31. The zero-order chi connectivity index (χ0) is 8.36. The van der Waals surface area contributed by atoms with E-state index in [0.717, 1.165) is 13.2 Å². The molecule has 0 aliphatic heterocycles. The summed E-state index contributed by atoms with van der Waals surface area (Å²) in [7, 11) is -3.75. The van der Waals surface area contributed by atoms with E-state index in [4.69, 9.17) is 0 Å². The van der Waals surface area contributed by atoms with E-state index in [-0.39, 0.29) is 0 Å². The SMILES string of the molecule is CC(OS(C)(=O)=O)C(F)F. The van der Waals surface area contributed by atoms with Crippen molar-refractivity contribution in [2.45, 2.75) is 19.5 Å². The van der Waals surface area contributed by atoms with Gasteiger partial charge in [-0.05, 0) is 6.92 Å². The van der Waals surface area contributed by atoms with E-state index in [1.807, 2.05) is 0 Å². The first-order chi connectivity index (χ1) is 4.33. The fraction of sp³-hybridized carbons (Fsp3) is 1.00. The van der Waals surface area contributed by atoms with Gasteiger partial charge in [0, 0.05) is 0 Å². The molecule has 10 heavy (non-hydrogen) atoms. The van der Waals surface area contributed by atoms with Gasteiger partial charge in [0.05, 0.1) is 6.26 Å². The standard InChI is InChI=1S/C4H8F2O3S/c1-3(4(5)6)9-10(2,7)8/h3-4H,1-2H3. The molecule has 1 atom stereocenters. The zero-order valence-corrected chi connectivity index (χ0v) is 6.36. The largest absolute Gasteiger partial charge is 0.265 e. The molecule has 0 fully saturated rings. The Morgan fingerprint density at radius 2 is 1.80 bits per heavy atom. The molecular weight excluding hydrogens is 166 g/mol. The average molecular weight is 174 g/mol. The molecule has 3 nitrogen and oxygen atoms in total. The van der Waals surface area contributed by atoms with Crippen LogP contribution in [0.4, 0.5) is 8.78 Å². The Kier molecular flexibility index (Phi) is 3.17. The molecule has 62 valence electrons. The lowest BCUT2D eigenvalue weighted by molar-refractivity contribution is 0.0267. The van der Waals surface area contributed by atoms with Crippen LogP contribution in [0.25, 0.3) is 0 Å². The Morgan fingerprint density at radius 3 is 1.90 bits per heavy atom. The van der Waals surface area contributed by atoms with Crippen molar-refractivity contribution in [2.75, 3.05) is 6.26 Å². The van der Waals surface area contributed by atoms with Crippen LogP contribution < -0.4 is 0 Å². The first kappa shape index (κ1) is 9.77. The van der Waals surface area contributed by atoms with E-state index in [0.29, 0.717) is 0 Å². The molecule has 0 N–H and O–H groups in total. The Hall–Kier alpha value is -0.230. The minimum absolute atomic E-state index is 0.728. The molecule has 1 unspecified atom stereocenters. The molecule has 0 spiro atoms. The maximum Gasteiger partial charge on any atom is 0.265 e. The zero-order valence-electron chi connectivity index (χ0n) is 5.54. The normalized spacial score (nSPS) is 15.7. The molecule has 0 aliphatic rings. The second-order valence-electron chi connectivity index (χ2n) is 1.84. The van der Waals surface area contributed by atoms with Crippen LogP contribution in [0, 0.1) is 0 Å². The molecule has 0 bridgehead atoms. The van der Waals surface area contributed by atoms with E-state index in [2.05, 4.69) is 4.18 Å². The monoisotopic (exact) mass is 174 g/mol. The molecular formula is C4H8F2O3S. The quantitative estimate of drug-likeness (QED) is 0.589. The van der Waals surface area contributed by atoms with E-state index >= 15 is 0 Å². The topological polar surface area (TPSA) is 43.4 Å². The minimum atomic E-state index is -3.75. The molecule has 0 amide bonds. The molecule has 0 aliphatic carbocycles. The van der Waals surface area contributed by atoms with Gasteiger partial charge in [-0.15, -0.1) is 0 Å². The lowest BCUT2D eigenvalue weighted by Gasteiger charge is -2.08. The van der Waals surface area contributed by atoms with Crippen LogP contribution in [0.2, 0.25) is 0 Å². The van der Waals surface area contributed by atoms with Crippen molar-refractivity contribution in [3.05, 3.63) is 0 Å². The van der Waals surface area contributed by atoms with Gasteiger partial charge in [-0.25, -0.2) is 8.78 Å². The molecule has 0 saturated heterocycles. The van der Waals surface area contributed by atoms with Crippen LogP contribution in [0.15, 0.2) is 0 Å². The molecule has 0 aromatic rings. The third kappa shape index (κ3) is 4.63. The van der Waals surface area contributed by atoms with Gasteiger partial charge in [-0.3, -0.25) is 4.18 Å². The molecule has 0 aromatic heterocycles. The number of rotatable bonds is 3. The maximum absolute atomic E-state index is 11.6. The van der Waals surface area contributed by atoms with Gasteiger partial charge in [0.25, 0.3) is 16.5 Å². The number of halogens is 2. The Balaban J connectivity index is 3.93. The first-order valence-electron chi connectivity index (χ1n) is 2.49. The molecule has 0 rings (SSSR count). The van der Waals surface area contributed by atoms with Crippen molar-refractivity contribution >= 4 is 10.1 Å². The lowest BCUT2D eigenvalue weighted by atomic mass is 10.4. The third-order valence-corrected chi connectivity index (χ3v) is 1.33. The predicted octanol–water partition coefficient (Wildman–Crippen LogP) is 0.616. The minimum Gasteiger partial charge on any atom is -0.261 e. The smallest absolute Gasteiger partial charge is 0.261 e. The maximum atomic E-state index is 11.6. The fourth-order valence-electron chi connectivity index (χ4n) is 0.318. The molecule has 0 radical (unpaired) electrons. The Bertz CT molecular complexity index is 187. The second-order valence-corrected chi connectivity index (χ2v) is 3.44. The van der Waals surface area contributed by atoms with Gasteiger partial charge >= 0.3 is 0 Å². The summed E-state index contributed by atoms with van der Waals surface area (Å²) in [5.74, 6) is 0. The van der Waals surface area contributed by atoms with E-state index in [9.17, 15) is 17.2 Å². The van der Waals surface area contributed by atoms with Crippen LogP contribution in [0.3, 0.4) is 0 Å². The van der Waals surface area contributed by atoms with Gasteiger partial charge in [0.15, 0.2) is 0 Å². The van der Waals surface area contributed by atoms with Crippen molar-refractivity contribution in [3.63, 3.8) is 0 Å². The number of hydrogen-bond acceptors (Lipinski definition) is 3. The second kappa shape index (κ2) is 3.25. The number of alkyl halides is 2. The average Bonchev–Trinajstić information content (AvgIpc) is 1.60. The van der Waals surface area contributed by atoms with Crippen LogP contribution in [-0.2, 0) is 14.3 Å². The summed E-state index contributed by atoms with van der Waals surface area (Å²) in [5, 5.41) is 0. The summed E-state index contributed by atoms with van der Waals surface area (Å²) >= 11 is 0. The van der Waals surface area contributed by atoms with Gasteiger partial charge in [0.2, 0.25) is 0 Å². The highest BCUT2D eigenvalue weighted by Crippen LogP contribution is 2.06. The summed E-state index contributed by atoms with van der Waals surface area (Å²) in [6.07, 6.45) is -3.60. The predicted molar refractivity (Wildman–Crippen MR) is 31.4 cm³/mol. The van der Waals surface area contributed by atoms with Crippen molar-refractivity contribution in [1.82, 2.24) is 0 Å². The summed E-state index contributed by atoms with van der Waals surface area (Å²) < 4.78 is 47.4. The Labute approximate surface area is 58.1 Å². The highest BCUT2D eigenvalue weighted by atomic mass is 32.2. The highest BCUT2D eigenvalue weighted by Gasteiger charge is 2.19. The van der Waals surface area contributed by atoms with Crippen LogP contribution in [0.1, 0.15) is 6.92 Å². The van der Waals surface area contributed by atoms with Crippen molar-refractivity contribution in [1.29, 1.82) is 0 Å². The summed E-state index contributed by atoms with van der Waals surface area (Å²) in [5.41, 5.74) is 0. The van der Waals surface area contributed by atoms with Crippen LogP contribution in [0.5, 0.6) is 0 Å². The van der Waals surface area contributed by atoms with Crippen LogP contribution in [-0.4, -0.2) is 27.2 Å². The van der Waals surface area contributed by atoms with Crippen molar-refractivity contribution in [3.8, 4) is 0 Å².